The van der Waals surface area contributed by atoms with Gasteiger partial charge in [0.25, 0.3) is 11.1 Å². The molecule has 4 aromatic carbocycles. The maximum atomic E-state index is 12.8. The van der Waals surface area contributed by atoms with E-state index in [2.05, 4.69) is 9.97 Å². The van der Waals surface area contributed by atoms with Gasteiger partial charge in [-0.1, -0.05) is 84.9 Å². The summed E-state index contributed by atoms with van der Waals surface area (Å²) in [7, 11) is 0. The molecule has 0 amide bonds. The van der Waals surface area contributed by atoms with Crippen LogP contribution < -0.4 is 11.1 Å². The fraction of sp³-hybridized carbons (Fsp3) is 0.176. The molecule has 2 atom stereocenters. The first-order chi connectivity index (χ1) is 20.7. The Balaban J connectivity index is 0.000000137. The minimum absolute atomic E-state index is 0.0598. The highest BCUT2D eigenvalue weighted by molar-refractivity contribution is 5.78. The fourth-order valence-electron chi connectivity index (χ4n) is 5.07. The van der Waals surface area contributed by atoms with Gasteiger partial charge in [0.15, 0.2) is 0 Å². The normalized spacial score (nSPS) is 17.0. The van der Waals surface area contributed by atoms with Crippen LogP contribution in [0.5, 0.6) is 0 Å². The maximum absolute atomic E-state index is 12.8. The second kappa shape index (κ2) is 11.2. The largest absolute Gasteiger partial charge is 0.371 e. The first-order valence-corrected chi connectivity index (χ1v) is 14.0. The number of para-hydroxylation sites is 4. The fourth-order valence-corrected chi connectivity index (χ4v) is 5.07. The van der Waals surface area contributed by atoms with E-state index in [-0.39, 0.29) is 23.3 Å². The van der Waals surface area contributed by atoms with Crippen LogP contribution in [0.1, 0.15) is 0 Å². The van der Waals surface area contributed by atoms with Gasteiger partial charge in [0.1, 0.15) is 11.4 Å². The number of hydrogen-bond donors (Lipinski definition) is 0. The Labute approximate surface area is 241 Å². The SMILES string of the molecule is O=c1c(-c2ccccc2)nc2ccccc2n1C[C@@H]1CO1.O=c1c(-c2ccccc2)nc2ccccc2n1C[C@H]1CO1. The van der Waals surface area contributed by atoms with Gasteiger partial charge >= 0.3 is 0 Å². The summed E-state index contributed by atoms with van der Waals surface area (Å²) in [6.07, 6.45) is 0.300. The van der Waals surface area contributed by atoms with Gasteiger partial charge in [-0.3, -0.25) is 9.59 Å². The Morgan fingerprint density at radius 2 is 0.905 bits per heavy atom. The van der Waals surface area contributed by atoms with E-state index in [1.54, 1.807) is 9.13 Å². The summed E-state index contributed by atoms with van der Waals surface area (Å²) in [5, 5.41) is 0. The molecule has 6 aromatic rings. The van der Waals surface area contributed by atoms with Gasteiger partial charge in [-0.2, -0.15) is 0 Å². The zero-order chi connectivity index (χ0) is 28.5. The molecule has 2 aliphatic heterocycles. The molecule has 2 aromatic heterocycles. The van der Waals surface area contributed by atoms with Crippen LogP contribution in [-0.4, -0.2) is 44.5 Å². The van der Waals surface area contributed by atoms with E-state index in [1.807, 2.05) is 109 Å². The molecule has 8 rings (SSSR count). The average molecular weight is 557 g/mol. The van der Waals surface area contributed by atoms with Crippen LogP contribution in [0.3, 0.4) is 0 Å². The van der Waals surface area contributed by atoms with E-state index < -0.39 is 0 Å². The van der Waals surface area contributed by atoms with Crippen LogP contribution in [0.25, 0.3) is 44.6 Å². The number of nitrogens with zero attached hydrogens (tertiary/aromatic N) is 4. The van der Waals surface area contributed by atoms with Crippen molar-refractivity contribution >= 4 is 22.1 Å². The van der Waals surface area contributed by atoms with Crippen LogP contribution >= 0.6 is 0 Å². The van der Waals surface area contributed by atoms with Gasteiger partial charge in [0, 0.05) is 11.1 Å². The van der Waals surface area contributed by atoms with Crippen molar-refractivity contribution in [1.82, 2.24) is 19.1 Å². The molecule has 208 valence electrons. The predicted octanol–water partition coefficient (Wildman–Crippen LogP) is 4.92. The number of aromatic nitrogens is 4. The van der Waals surface area contributed by atoms with Gasteiger partial charge in [-0.25, -0.2) is 9.97 Å². The molecule has 0 bridgehead atoms. The van der Waals surface area contributed by atoms with E-state index in [4.69, 9.17) is 9.47 Å². The average Bonchev–Trinajstić information content (AvgIpc) is 3.98. The highest BCUT2D eigenvalue weighted by Gasteiger charge is 2.26. The molecule has 0 spiro atoms. The lowest BCUT2D eigenvalue weighted by Crippen LogP contribution is -2.25. The number of ether oxygens (including phenoxy) is 2. The first kappa shape index (κ1) is 26.0. The minimum atomic E-state index is -0.0598. The van der Waals surface area contributed by atoms with E-state index in [1.165, 1.54) is 0 Å². The summed E-state index contributed by atoms with van der Waals surface area (Å²) in [6.45, 7) is 2.62. The van der Waals surface area contributed by atoms with Crippen molar-refractivity contribution in [3.63, 3.8) is 0 Å². The minimum Gasteiger partial charge on any atom is -0.371 e. The van der Waals surface area contributed by atoms with Crippen LogP contribution in [0.2, 0.25) is 0 Å². The highest BCUT2D eigenvalue weighted by atomic mass is 16.6. The topological polar surface area (TPSA) is 94.8 Å². The third-order valence-corrected chi connectivity index (χ3v) is 7.38. The lowest BCUT2D eigenvalue weighted by molar-refractivity contribution is 0.383. The number of hydrogen-bond acceptors (Lipinski definition) is 6. The molecule has 0 aliphatic carbocycles. The number of epoxide rings is 2. The smallest absolute Gasteiger partial charge is 0.277 e. The number of fused-ring (bicyclic) bond motifs is 2. The molecule has 42 heavy (non-hydrogen) atoms. The lowest BCUT2D eigenvalue weighted by Gasteiger charge is -2.11. The summed E-state index contributed by atoms with van der Waals surface area (Å²) in [4.78, 5) is 34.7. The van der Waals surface area contributed by atoms with Gasteiger partial charge in [-0.05, 0) is 24.3 Å². The zero-order valence-corrected chi connectivity index (χ0v) is 22.8. The van der Waals surface area contributed by atoms with E-state index in [0.29, 0.717) is 24.5 Å². The summed E-state index contributed by atoms with van der Waals surface area (Å²) in [5.74, 6) is 0. The summed E-state index contributed by atoms with van der Waals surface area (Å²) >= 11 is 0. The Bertz CT molecular complexity index is 1850. The molecular formula is C34H28N4O4. The van der Waals surface area contributed by atoms with Crippen LogP contribution in [0.4, 0.5) is 0 Å². The van der Waals surface area contributed by atoms with Crippen molar-refractivity contribution in [1.29, 1.82) is 0 Å². The van der Waals surface area contributed by atoms with Gasteiger partial charge in [0.05, 0.1) is 60.6 Å². The number of benzene rings is 4. The Morgan fingerprint density at radius 1 is 0.548 bits per heavy atom. The first-order valence-electron chi connectivity index (χ1n) is 14.0. The van der Waals surface area contributed by atoms with Crippen molar-refractivity contribution in [3.05, 3.63) is 130 Å². The van der Waals surface area contributed by atoms with Crippen LogP contribution in [0.15, 0.2) is 119 Å². The molecule has 0 N–H and O–H groups in total. The molecule has 2 aliphatic rings. The molecule has 0 unspecified atom stereocenters. The maximum Gasteiger partial charge on any atom is 0.277 e. The van der Waals surface area contributed by atoms with Crippen LogP contribution in [-0.2, 0) is 22.6 Å². The summed E-state index contributed by atoms with van der Waals surface area (Å²) in [5.41, 5.74) is 5.94. The highest BCUT2D eigenvalue weighted by Crippen LogP contribution is 2.21. The summed E-state index contributed by atoms with van der Waals surface area (Å²) in [6, 6.07) is 34.6. The molecule has 2 saturated heterocycles. The van der Waals surface area contributed by atoms with Crippen molar-refractivity contribution in [2.75, 3.05) is 13.2 Å². The molecule has 8 nitrogen and oxygen atoms in total. The molecule has 2 fully saturated rings. The van der Waals surface area contributed by atoms with Crippen LogP contribution in [0, 0.1) is 0 Å². The molecule has 0 saturated carbocycles. The Kier molecular flexibility index (Phi) is 6.91. The zero-order valence-electron chi connectivity index (χ0n) is 22.8. The Hall–Kier alpha value is -4.92. The van der Waals surface area contributed by atoms with Gasteiger partial charge < -0.3 is 18.6 Å². The van der Waals surface area contributed by atoms with Gasteiger partial charge in [0.2, 0.25) is 0 Å². The molecular weight excluding hydrogens is 528 g/mol. The van der Waals surface area contributed by atoms with Crippen molar-refractivity contribution in [2.45, 2.75) is 25.3 Å². The second-order valence-corrected chi connectivity index (χ2v) is 10.4. The van der Waals surface area contributed by atoms with Crippen molar-refractivity contribution in [3.8, 4) is 22.5 Å². The predicted molar refractivity (Wildman–Crippen MR) is 162 cm³/mol. The summed E-state index contributed by atoms with van der Waals surface area (Å²) < 4.78 is 14.1. The molecule has 4 heterocycles. The number of rotatable bonds is 6. The van der Waals surface area contributed by atoms with Gasteiger partial charge in [-0.15, -0.1) is 0 Å². The van der Waals surface area contributed by atoms with E-state index in [9.17, 15) is 9.59 Å². The Morgan fingerprint density at radius 3 is 1.29 bits per heavy atom. The lowest BCUT2D eigenvalue weighted by atomic mass is 10.1. The van der Waals surface area contributed by atoms with Crippen molar-refractivity contribution in [2.24, 2.45) is 0 Å². The quantitative estimate of drug-likeness (QED) is 0.270. The third kappa shape index (κ3) is 5.37. The van der Waals surface area contributed by atoms with E-state index >= 15 is 0 Å². The standard InChI is InChI=1S/2C17H14N2O2/c2*20-17-16(12-6-2-1-3-7-12)18-14-8-4-5-9-15(14)19(17)10-13-11-21-13/h2*1-9,13H,10-11H2/t2*13-/m10/s1. The van der Waals surface area contributed by atoms with Crippen molar-refractivity contribution < 1.29 is 9.47 Å². The van der Waals surface area contributed by atoms with E-state index in [0.717, 1.165) is 46.4 Å². The molecule has 0 radical (unpaired) electrons. The second-order valence-electron chi connectivity index (χ2n) is 10.4. The third-order valence-electron chi connectivity index (χ3n) is 7.38. The molecule has 8 heteroatoms. The monoisotopic (exact) mass is 556 g/mol.